The summed E-state index contributed by atoms with van der Waals surface area (Å²) in [5.41, 5.74) is 1.33. The third-order valence-corrected chi connectivity index (χ3v) is 3.51. The van der Waals surface area contributed by atoms with E-state index >= 15 is 0 Å². The van der Waals surface area contributed by atoms with Gasteiger partial charge in [0.25, 0.3) is 0 Å². The minimum absolute atomic E-state index is 0.00921. The van der Waals surface area contributed by atoms with Gasteiger partial charge in [-0.15, -0.1) is 11.3 Å². The molecule has 3 heterocycles. The fourth-order valence-corrected chi connectivity index (χ4v) is 2.60. The topological polar surface area (TPSA) is 47.3 Å². The highest BCUT2D eigenvalue weighted by atomic mass is 35.5. The van der Waals surface area contributed by atoms with Crippen molar-refractivity contribution in [3.8, 4) is 0 Å². The van der Waals surface area contributed by atoms with Crippen molar-refractivity contribution in [1.82, 2.24) is 14.4 Å². The molecule has 0 aliphatic carbocycles. The molecule has 0 atom stereocenters. The molecule has 0 amide bonds. The summed E-state index contributed by atoms with van der Waals surface area (Å²) in [6.45, 7) is 0. The smallest absolute Gasteiger partial charge is 0.193 e. The van der Waals surface area contributed by atoms with Crippen LogP contribution in [-0.4, -0.2) is 20.2 Å². The maximum absolute atomic E-state index is 12.0. The van der Waals surface area contributed by atoms with Crippen LogP contribution in [0.2, 0.25) is 5.15 Å². The van der Waals surface area contributed by atoms with Gasteiger partial charge in [0.15, 0.2) is 10.7 Å². The normalized spacial score (nSPS) is 10.9. The molecular formula is C12H8ClN3OS. The molecule has 0 N–H and O–H groups in total. The summed E-state index contributed by atoms with van der Waals surface area (Å²) < 4.78 is 1.91. The summed E-state index contributed by atoms with van der Waals surface area (Å²) in [7, 11) is 0. The lowest BCUT2D eigenvalue weighted by atomic mass is 10.1. The standard InChI is InChI=1S/C12H8ClN3OS/c13-11-5-8(1-2-14-11)10(17)6-9-7-16-3-4-18-12(16)15-9/h1-5,7H,6H2. The lowest BCUT2D eigenvalue weighted by Gasteiger charge is -1.98. The zero-order chi connectivity index (χ0) is 12.5. The third-order valence-electron chi connectivity index (χ3n) is 2.53. The second kappa shape index (κ2) is 4.51. The van der Waals surface area contributed by atoms with Crippen LogP contribution in [0.5, 0.6) is 0 Å². The van der Waals surface area contributed by atoms with Gasteiger partial charge in [-0.3, -0.25) is 9.20 Å². The summed E-state index contributed by atoms with van der Waals surface area (Å²) in [6.07, 6.45) is 5.59. The average molecular weight is 278 g/mol. The molecule has 0 radical (unpaired) electrons. The highest BCUT2D eigenvalue weighted by Gasteiger charge is 2.11. The van der Waals surface area contributed by atoms with Crippen LogP contribution >= 0.6 is 22.9 Å². The van der Waals surface area contributed by atoms with Crippen LogP contribution in [0.3, 0.4) is 0 Å². The number of Topliss-reactive ketones (excluding diaryl/α,β-unsaturated/α-hetero) is 1. The molecule has 0 saturated heterocycles. The Hall–Kier alpha value is -1.72. The first-order valence-electron chi connectivity index (χ1n) is 5.28. The van der Waals surface area contributed by atoms with Gasteiger partial charge in [0.1, 0.15) is 5.15 Å². The van der Waals surface area contributed by atoms with Gasteiger partial charge in [-0.25, -0.2) is 9.97 Å². The fourth-order valence-electron chi connectivity index (χ4n) is 1.70. The van der Waals surface area contributed by atoms with Gasteiger partial charge in [0.05, 0.1) is 12.1 Å². The molecule has 3 aromatic heterocycles. The van der Waals surface area contributed by atoms with E-state index in [9.17, 15) is 4.79 Å². The third kappa shape index (κ3) is 2.14. The highest BCUT2D eigenvalue weighted by Crippen LogP contribution is 2.14. The number of nitrogens with zero attached hydrogens (tertiary/aromatic N) is 3. The molecule has 4 nitrogen and oxygen atoms in total. The van der Waals surface area contributed by atoms with Crippen molar-refractivity contribution in [3.63, 3.8) is 0 Å². The van der Waals surface area contributed by atoms with Gasteiger partial charge in [0.2, 0.25) is 0 Å². The zero-order valence-electron chi connectivity index (χ0n) is 9.21. The second-order valence-electron chi connectivity index (χ2n) is 3.79. The van der Waals surface area contributed by atoms with Crippen molar-refractivity contribution in [1.29, 1.82) is 0 Å². The number of carbonyl (C=O) groups excluding carboxylic acids is 1. The summed E-state index contributed by atoms with van der Waals surface area (Å²) in [4.78, 5) is 21.2. The van der Waals surface area contributed by atoms with E-state index in [4.69, 9.17) is 11.6 Å². The Balaban J connectivity index is 1.84. The van der Waals surface area contributed by atoms with Crippen molar-refractivity contribution in [2.45, 2.75) is 6.42 Å². The molecule has 18 heavy (non-hydrogen) atoms. The van der Waals surface area contributed by atoms with Crippen molar-refractivity contribution in [3.05, 3.63) is 52.5 Å². The van der Waals surface area contributed by atoms with E-state index in [-0.39, 0.29) is 12.2 Å². The number of pyridine rings is 1. The number of thiazole rings is 1. The Morgan fingerprint density at radius 1 is 1.50 bits per heavy atom. The van der Waals surface area contributed by atoms with E-state index in [1.165, 1.54) is 6.20 Å². The number of halogens is 1. The fraction of sp³-hybridized carbons (Fsp3) is 0.0833. The number of carbonyl (C=O) groups is 1. The molecule has 3 aromatic rings. The molecular weight excluding hydrogens is 270 g/mol. The zero-order valence-corrected chi connectivity index (χ0v) is 10.8. The number of ketones is 1. The number of aromatic nitrogens is 3. The molecule has 0 saturated carbocycles. The number of fused-ring (bicyclic) bond motifs is 1. The summed E-state index contributed by atoms with van der Waals surface area (Å²) in [5, 5.41) is 2.28. The van der Waals surface area contributed by atoms with Gasteiger partial charge in [-0.2, -0.15) is 0 Å². The minimum Gasteiger partial charge on any atom is -0.297 e. The summed E-state index contributed by atoms with van der Waals surface area (Å²) >= 11 is 7.30. The number of hydrogen-bond donors (Lipinski definition) is 0. The quantitative estimate of drug-likeness (QED) is 0.546. The van der Waals surface area contributed by atoms with Crippen LogP contribution in [0.1, 0.15) is 16.1 Å². The van der Waals surface area contributed by atoms with E-state index in [1.807, 2.05) is 22.2 Å². The molecule has 0 fully saturated rings. The molecule has 90 valence electrons. The highest BCUT2D eigenvalue weighted by molar-refractivity contribution is 7.15. The van der Waals surface area contributed by atoms with E-state index in [1.54, 1.807) is 23.5 Å². The maximum atomic E-state index is 12.0. The first-order valence-corrected chi connectivity index (χ1v) is 6.54. The van der Waals surface area contributed by atoms with Crippen LogP contribution in [-0.2, 0) is 6.42 Å². The molecule has 0 bridgehead atoms. The van der Waals surface area contributed by atoms with Crippen LogP contribution in [0, 0.1) is 0 Å². The van der Waals surface area contributed by atoms with Gasteiger partial charge in [-0.1, -0.05) is 11.6 Å². The lowest BCUT2D eigenvalue weighted by molar-refractivity contribution is 0.0992. The Morgan fingerprint density at radius 3 is 3.17 bits per heavy atom. The predicted molar refractivity (Wildman–Crippen MR) is 70.4 cm³/mol. The lowest BCUT2D eigenvalue weighted by Crippen LogP contribution is -2.04. The molecule has 0 aliphatic rings. The van der Waals surface area contributed by atoms with E-state index in [0.29, 0.717) is 10.7 Å². The van der Waals surface area contributed by atoms with Crippen molar-refractivity contribution >= 4 is 33.7 Å². The molecule has 3 rings (SSSR count). The van der Waals surface area contributed by atoms with Gasteiger partial charge in [0, 0.05) is 29.5 Å². The number of rotatable bonds is 3. The Bertz CT molecular complexity index is 690. The van der Waals surface area contributed by atoms with Gasteiger partial charge in [-0.05, 0) is 12.1 Å². The van der Waals surface area contributed by atoms with Crippen molar-refractivity contribution in [2.24, 2.45) is 0 Å². The maximum Gasteiger partial charge on any atom is 0.193 e. The van der Waals surface area contributed by atoms with Crippen LogP contribution in [0.4, 0.5) is 0 Å². The Kier molecular flexibility index (Phi) is 2.85. The predicted octanol–water partition coefficient (Wildman–Crippen LogP) is 2.87. The Labute approximate surface area is 112 Å². The monoisotopic (exact) mass is 277 g/mol. The second-order valence-corrected chi connectivity index (χ2v) is 5.05. The molecule has 0 aromatic carbocycles. The molecule has 6 heteroatoms. The van der Waals surface area contributed by atoms with Gasteiger partial charge >= 0.3 is 0 Å². The SMILES string of the molecule is O=C(Cc1cn2ccsc2n1)c1ccnc(Cl)c1. The van der Waals surface area contributed by atoms with Crippen LogP contribution in [0.25, 0.3) is 4.96 Å². The van der Waals surface area contributed by atoms with Gasteiger partial charge < -0.3 is 0 Å². The van der Waals surface area contributed by atoms with Crippen LogP contribution < -0.4 is 0 Å². The van der Waals surface area contributed by atoms with E-state index in [0.717, 1.165) is 10.7 Å². The summed E-state index contributed by atoms with van der Waals surface area (Å²) in [6, 6.07) is 3.23. The molecule has 0 unspecified atom stereocenters. The van der Waals surface area contributed by atoms with Crippen molar-refractivity contribution < 1.29 is 4.79 Å². The van der Waals surface area contributed by atoms with Crippen molar-refractivity contribution in [2.75, 3.05) is 0 Å². The summed E-state index contributed by atoms with van der Waals surface area (Å²) in [5.74, 6) is -0.00921. The first kappa shape index (κ1) is 11.4. The minimum atomic E-state index is -0.00921. The average Bonchev–Trinajstić information content (AvgIpc) is 2.89. The number of hydrogen-bond acceptors (Lipinski definition) is 4. The Morgan fingerprint density at radius 2 is 2.39 bits per heavy atom. The first-order chi connectivity index (χ1) is 8.72. The number of imidazole rings is 1. The molecule has 0 aliphatic heterocycles. The van der Waals surface area contributed by atoms with E-state index < -0.39 is 0 Å². The van der Waals surface area contributed by atoms with Crippen LogP contribution in [0.15, 0.2) is 36.1 Å². The largest absolute Gasteiger partial charge is 0.297 e. The molecule has 0 spiro atoms. The van der Waals surface area contributed by atoms with E-state index in [2.05, 4.69) is 9.97 Å².